The first kappa shape index (κ1) is 20.0. The van der Waals surface area contributed by atoms with Gasteiger partial charge in [0.25, 0.3) is 0 Å². The predicted octanol–water partition coefficient (Wildman–Crippen LogP) is 2.64. The lowest BCUT2D eigenvalue weighted by Crippen LogP contribution is -2.23. The Bertz CT molecular complexity index is 974. The van der Waals surface area contributed by atoms with E-state index >= 15 is 0 Å². The molecule has 9 heteroatoms. The highest BCUT2D eigenvalue weighted by Gasteiger charge is 2.19. The van der Waals surface area contributed by atoms with E-state index in [1.807, 2.05) is 6.92 Å². The van der Waals surface area contributed by atoms with Crippen molar-refractivity contribution in [2.24, 2.45) is 0 Å². The van der Waals surface area contributed by atoms with E-state index < -0.39 is 10.0 Å². The zero-order chi connectivity index (χ0) is 20.1. The van der Waals surface area contributed by atoms with Crippen LogP contribution in [0.4, 0.5) is 5.69 Å². The number of anilines is 1. The van der Waals surface area contributed by atoms with Gasteiger partial charge in [-0.2, -0.15) is 0 Å². The summed E-state index contributed by atoms with van der Waals surface area (Å²) in [6, 6.07) is 9.59. The summed E-state index contributed by atoms with van der Waals surface area (Å²) in [5.74, 6) is 1.40. The lowest BCUT2D eigenvalue weighted by molar-refractivity contribution is -0.115. The van der Waals surface area contributed by atoms with Crippen molar-refractivity contribution < 1.29 is 27.4 Å². The Balaban J connectivity index is 1.78. The molecule has 0 unspecified atom stereocenters. The van der Waals surface area contributed by atoms with Crippen LogP contribution < -0.4 is 24.2 Å². The summed E-state index contributed by atoms with van der Waals surface area (Å²) in [7, 11) is -3.80. The third kappa shape index (κ3) is 4.55. The fourth-order valence-corrected chi connectivity index (χ4v) is 3.65. The van der Waals surface area contributed by atoms with Crippen molar-refractivity contribution >= 4 is 21.6 Å². The lowest BCUT2D eigenvalue weighted by Gasteiger charge is -2.14. The summed E-state index contributed by atoms with van der Waals surface area (Å²) in [5.41, 5.74) is 1.05. The number of carbonyl (C=O) groups excluding carboxylic acids is 1. The van der Waals surface area contributed by atoms with Crippen LogP contribution in [0.5, 0.6) is 17.2 Å². The van der Waals surface area contributed by atoms with Gasteiger partial charge in [0, 0.05) is 13.0 Å². The summed E-state index contributed by atoms with van der Waals surface area (Å²) in [6.07, 6.45) is 0.269. The number of hydrogen-bond donors (Lipinski definition) is 2. The summed E-state index contributed by atoms with van der Waals surface area (Å²) in [6.45, 7) is 4.15. The predicted molar refractivity (Wildman–Crippen MR) is 103 cm³/mol. The van der Waals surface area contributed by atoms with Gasteiger partial charge in [-0.3, -0.25) is 4.79 Å². The van der Waals surface area contributed by atoms with E-state index in [1.54, 1.807) is 25.1 Å². The van der Waals surface area contributed by atoms with Crippen molar-refractivity contribution in [1.82, 2.24) is 4.72 Å². The molecule has 3 rings (SSSR count). The van der Waals surface area contributed by atoms with Crippen LogP contribution in [-0.4, -0.2) is 27.7 Å². The quantitative estimate of drug-likeness (QED) is 0.699. The number of hydrogen-bond acceptors (Lipinski definition) is 6. The summed E-state index contributed by atoms with van der Waals surface area (Å²) in [5, 5.41) is 2.67. The minimum absolute atomic E-state index is 0.0306. The molecule has 1 aliphatic heterocycles. The molecule has 0 saturated carbocycles. The van der Waals surface area contributed by atoms with Gasteiger partial charge in [0.05, 0.1) is 17.2 Å². The van der Waals surface area contributed by atoms with Crippen molar-refractivity contribution in [3.8, 4) is 17.2 Å². The molecule has 1 heterocycles. The standard InChI is InChI=1S/C19H22N2O6S/c1-3-19(22)21-15-10-14(6-8-16(15)25-4-2)28(23,24)20-11-13-5-7-17-18(9-13)27-12-26-17/h5-10,20H,3-4,11-12H2,1-2H3,(H,21,22). The maximum absolute atomic E-state index is 12.7. The van der Waals surface area contributed by atoms with Crippen LogP contribution in [0, 0.1) is 0 Å². The number of carbonyl (C=O) groups is 1. The first-order valence-corrected chi connectivity index (χ1v) is 10.4. The molecule has 8 nitrogen and oxygen atoms in total. The number of rotatable bonds is 8. The van der Waals surface area contributed by atoms with E-state index in [2.05, 4.69) is 10.0 Å². The number of benzene rings is 2. The zero-order valence-electron chi connectivity index (χ0n) is 15.7. The molecule has 0 radical (unpaired) electrons. The fraction of sp³-hybridized carbons (Fsp3) is 0.316. The molecule has 28 heavy (non-hydrogen) atoms. The van der Waals surface area contributed by atoms with Gasteiger partial charge in [0.15, 0.2) is 11.5 Å². The van der Waals surface area contributed by atoms with Gasteiger partial charge in [-0.1, -0.05) is 13.0 Å². The molecule has 0 spiro atoms. The summed E-state index contributed by atoms with van der Waals surface area (Å²) < 4.78 is 44.0. The van der Waals surface area contributed by atoms with Crippen LogP contribution in [0.3, 0.4) is 0 Å². The minimum Gasteiger partial charge on any atom is -0.492 e. The van der Waals surface area contributed by atoms with Crippen molar-refractivity contribution in [1.29, 1.82) is 0 Å². The molecule has 0 atom stereocenters. The van der Waals surface area contributed by atoms with Crippen LogP contribution >= 0.6 is 0 Å². The average Bonchev–Trinajstić information content (AvgIpc) is 3.15. The molecule has 2 aromatic rings. The van der Waals surface area contributed by atoms with E-state index in [4.69, 9.17) is 14.2 Å². The lowest BCUT2D eigenvalue weighted by atomic mass is 10.2. The molecule has 0 saturated heterocycles. The van der Waals surface area contributed by atoms with Crippen molar-refractivity contribution in [2.75, 3.05) is 18.7 Å². The van der Waals surface area contributed by atoms with Gasteiger partial charge >= 0.3 is 0 Å². The number of ether oxygens (including phenoxy) is 3. The third-order valence-corrected chi connectivity index (χ3v) is 5.46. The average molecular weight is 406 g/mol. The SMILES string of the molecule is CCOc1ccc(S(=O)(=O)NCc2ccc3c(c2)OCO3)cc1NC(=O)CC. The summed E-state index contributed by atoms with van der Waals surface area (Å²) >= 11 is 0. The van der Waals surface area contributed by atoms with E-state index in [0.29, 0.717) is 29.5 Å². The summed E-state index contributed by atoms with van der Waals surface area (Å²) in [4.78, 5) is 11.8. The molecule has 150 valence electrons. The number of amides is 1. The van der Waals surface area contributed by atoms with E-state index in [0.717, 1.165) is 5.56 Å². The maximum atomic E-state index is 12.7. The van der Waals surface area contributed by atoms with Crippen LogP contribution in [0.15, 0.2) is 41.3 Å². The van der Waals surface area contributed by atoms with Crippen molar-refractivity contribution in [3.05, 3.63) is 42.0 Å². The molecule has 1 aliphatic rings. The Kier molecular flexibility index (Phi) is 6.05. The molecule has 0 aliphatic carbocycles. The van der Waals surface area contributed by atoms with Crippen LogP contribution in [-0.2, 0) is 21.4 Å². The highest BCUT2D eigenvalue weighted by Crippen LogP contribution is 2.32. The first-order valence-electron chi connectivity index (χ1n) is 8.88. The Morgan fingerprint density at radius 1 is 1.11 bits per heavy atom. The Labute approximate surface area is 163 Å². The van der Waals surface area contributed by atoms with Gasteiger partial charge in [0.1, 0.15) is 5.75 Å². The number of sulfonamides is 1. The molecule has 0 aromatic heterocycles. The molecular formula is C19H22N2O6S. The topological polar surface area (TPSA) is 103 Å². The van der Waals surface area contributed by atoms with Gasteiger partial charge in [-0.05, 0) is 42.8 Å². The fourth-order valence-electron chi connectivity index (χ4n) is 2.61. The van der Waals surface area contributed by atoms with E-state index in [1.165, 1.54) is 18.2 Å². The second-order valence-corrected chi connectivity index (χ2v) is 7.77. The largest absolute Gasteiger partial charge is 0.492 e. The second-order valence-electron chi connectivity index (χ2n) is 6.00. The highest BCUT2D eigenvalue weighted by molar-refractivity contribution is 7.89. The molecule has 1 amide bonds. The highest BCUT2D eigenvalue weighted by atomic mass is 32.2. The third-order valence-electron chi connectivity index (χ3n) is 4.06. The molecule has 0 bridgehead atoms. The van der Waals surface area contributed by atoms with Crippen LogP contribution in [0.2, 0.25) is 0 Å². The zero-order valence-corrected chi connectivity index (χ0v) is 16.5. The van der Waals surface area contributed by atoms with E-state index in [9.17, 15) is 13.2 Å². The van der Waals surface area contributed by atoms with Crippen molar-refractivity contribution in [2.45, 2.75) is 31.7 Å². The second kappa shape index (κ2) is 8.49. The number of fused-ring (bicyclic) bond motifs is 1. The van der Waals surface area contributed by atoms with Crippen LogP contribution in [0.1, 0.15) is 25.8 Å². The normalized spacial score (nSPS) is 12.6. The molecule has 2 aromatic carbocycles. The first-order chi connectivity index (χ1) is 13.4. The monoisotopic (exact) mass is 406 g/mol. The Morgan fingerprint density at radius 2 is 1.89 bits per heavy atom. The molecule has 0 fully saturated rings. The van der Waals surface area contributed by atoms with E-state index in [-0.39, 0.29) is 30.6 Å². The van der Waals surface area contributed by atoms with Gasteiger partial charge in [-0.15, -0.1) is 0 Å². The van der Waals surface area contributed by atoms with Gasteiger partial charge < -0.3 is 19.5 Å². The minimum atomic E-state index is -3.80. The Morgan fingerprint density at radius 3 is 2.64 bits per heavy atom. The number of nitrogens with one attached hydrogen (secondary N) is 2. The smallest absolute Gasteiger partial charge is 0.240 e. The maximum Gasteiger partial charge on any atom is 0.240 e. The molecule has 2 N–H and O–H groups in total. The van der Waals surface area contributed by atoms with Crippen molar-refractivity contribution in [3.63, 3.8) is 0 Å². The molecular weight excluding hydrogens is 384 g/mol. The Hall–Kier alpha value is -2.78. The van der Waals surface area contributed by atoms with Gasteiger partial charge in [-0.25, -0.2) is 13.1 Å². The van der Waals surface area contributed by atoms with Crippen LogP contribution in [0.25, 0.3) is 0 Å². The van der Waals surface area contributed by atoms with Gasteiger partial charge in [0.2, 0.25) is 22.7 Å².